The van der Waals surface area contributed by atoms with Gasteiger partial charge in [0, 0.05) is 33.1 Å². The van der Waals surface area contributed by atoms with E-state index in [0.717, 1.165) is 54.2 Å². The normalized spacial score (nSPS) is 14.8. The monoisotopic (exact) mass is 480 g/mol. The lowest BCUT2D eigenvalue weighted by atomic mass is 10.0. The number of thiazole rings is 2. The molecule has 1 aliphatic rings. The molecule has 32 heavy (non-hydrogen) atoms. The van der Waals surface area contributed by atoms with Crippen molar-refractivity contribution in [1.29, 1.82) is 0 Å². The summed E-state index contributed by atoms with van der Waals surface area (Å²) in [5.41, 5.74) is 7.20. The summed E-state index contributed by atoms with van der Waals surface area (Å²) >= 11 is 4.84. The van der Waals surface area contributed by atoms with Crippen LogP contribution in [0.25, 0.3) is 20.8 Å². The fourth-order valence-corrected chi connectivity index (χ4v) is 6.43. The zero-order chi connectivity index (χ0) is 22.2. The van der Waals surface area contributed by atoms with E-state index in [0.29, 0.717) is 0 Å². The number of fused-ring (bicyclic) bond motifs is 2. The predicted octanol–water partition coefficient (Wildman–Crippen LogP) is 6.55. The fourth-order valence-electron chi connectivity index (χ4n) is 3.56. The molecule has 0 fully saturated rings. The predicted molar refractivity (Wildman–Crippen MR) is 134 cm³/mol. The van der Waals surface area contributed by atoms with Gasteiger partial charge in [-0.05, 0) is 30.2 Å². The number of hydrogen-bond acceptors (Lipinski definition) is 8. The Balaban J connectivity index is 1.49. The van der Waals surface area contributed by atoms with Gasteiger partial charge < -0.3 is 5.11 Å². The molecule has 3 heterocycles. The van der Waals surface area contributed by atoms with Crippen molar-refractivity contribution < 1.29 is 9.90 Å². The largest absolute Gasteiger partial charge is 0.476 e. The lowest BCUT2D eigenvalue weighted by Crippen LogP contribution is -2.12. The first kappa shape index (κ1) is 21.1. The van der Waals surface area contributed by atoms with Gasteiger partial charge in [-0.2, -0.15) is 5.10 Å². The van der Waals surface area contributed by atoms with E-state index in [4.69, 9.17) is 5.10 Å². The quantitative estimate of drug-likeness (QED) is 0.315. The molecule has 0 aliphatic carbocycles. The van der Waals surface area contributed by atoms with Crippen molar-refractivity contribution in [3.8, 4) is 10.6 Å². The Morgan fingerprint density at radius 3 is 2.75 bits per heavy atom. The van der Waals surface area contributed by atoms with Crippen LogP contribution in [0.1, 0.15) is 47.1 Å². The van der Waals surface area contributed by atoms with Crippen LogP contribution in [-0.4, -0.2) is 32.5 Å². The van der Waals surface area contributed by atoms with Crippen molar-refractivity contribution in [3.05, 3.63) is 58.6 Å². The second kappa shape index (κ2) is 8.65. The third kappa shape index (κ3) is 4.03. The summed E-state index contributed by atoms with van der Waals surface area (Å²) in [6.07, 6.45) is 0.842. The van der Waals surface area contributed by atoms with Gasteiger partial charge in [-0.15, -0.1) is 23.1 Å². The Labute approximate surface area is 197 Å². The molecule has 0 atom stereocenters. The standard InChI is InChI=1S/C23H20N4O2S3/c1-12(2)20-19(22(28)29)25-21(32-20)13-7-8-17-14(11-13)15(9-10-30-17)26-27-23-24-16-5-3-4-6-18(16)31-23/h3-8,11-12H,9-10H2,1-2H3,(H,24,27)(H,28,29)/b26-15+. The summed E-state index contributed by atoms with van der Waals surface area (Å²) in [5.74, 6) is 0.0904. The number of carboxylic acids is 1. The van der Waals surface area contributed by atoms with Crippen molar-refractivity contribution in [2.24, 2.45) is 5.10 Å². The van der Waals surface area contributed by atoms with E-state index < -0.39 is 5.97 Å². The van der Waals surface area contributed by atoms with E-state index in [1.165, 1.54) is 16.2 Å². The molecule has 0 bridgehead atoms. The number of para-hydroxylation sites is 1. The highest BCUT2D eigenvalue weighted by Crippen LogP contribution is 2.37. The van der Waals surface area contributed by atoms with Crippen LogP contribution in [0.15, 0.2) is 52.5 Å². The van der Waals surface area contributed by atoms with Crippen LogP contribution in [0, 0.1) is 0 Å². The highest BCUT2D eigenvalue weighted by molar-refractivity contribution is 7.99. The molecule has 0 spiro atoms. The molecular weight excluding hydrogens is 460 g/mol. The zero-order valence-electron chi connectivity index (χ0n) is 17.5. The second-order valence-corrected chi connectivity index (χ2v) is 10.9. The lowest BCUT2D eigenvalue weighted by Gasteiger charge is -2.18. The molecule has 0 unspecified atom stereocenters. The number of hydrogen-bond donors (Lipinski definition) is 2. The Bertz CT molecular complexity index is 1320. The van der Waals surface area contributed by atoms with E-state index in [2.05, 4.69) is 33.6 Å². The molecule has 0 amide bonds. The number of hydrazone groups is 1. The van der Waals surface area contributed by atoms with Gasteiger partial charge in [-0.1, -0.05) is 43.4 Å². The highest BCUT2D eigenvalue weighted by atomic mass is 32.2. The molecular formula is C23H20N4O2S3. The average molecular weight is 481 g/mol. The summed E-state index contributed by atoms with van der Waals surface area (Å²) in [7, 11) is 0. The van der Waals surface area contributed by atoms with Gasteiger partial charge in [-0.3, -0.25) is 5.43 Å². The number of carbonyl (C=O) groups is 1. The van der Waals surface area contributed by atoms with Crippen LogP contribution < -0.4 is 5.43 Å². The number of rotatable bonds is 5. The highest BCUT2D eigenvalue weighted by Gasteiger charge is 2.22. The van der Waals surface area contributed by atoms with Gasteiger partial charge in [0.2, 0.25) is 5.13 Å². The minimum atomic E-state index is -0.980. The molecule has 2 aromatic heterocycles. The average Bonchev–Trinajstić information content (AvgIpc) is 3.42. The lowest BCUT2D eigenvalue weighted by molar-refractivity contribution is 0.0690. The van der Waals surface area contributed by atoms with Gasteiger partial charge in [0.1, 0.15) is 5.01 Å². The topological polar surface area (TPSA) is 87.5 Å². The molecule has 6 nitrogen and oxygen atoms in total. The Hall–Kier alpha value is -2.75. The number of anilines is 1. The van der Waals surface area contributed by atoms with E-state index in [1.54, 1.807) is 11.3 Å². The Morgan fingerprint density at radius 2 is 2.00 bits per heavy atom. The van der Waals surface area contributed by atoms with Gasteiger partial charge in [-0.25, -0.2) is 14.8 Å². The van der Waals surface area contributed by atoms with Crippen LogP contribution in [0.4, 0.5) is 5.13 Å². The molecule has 0 saturated heterocycles. The third-order valence-electron chi connectivity index (χ3n) is 5.09. The summed E-state index contributed by atoms with van der Waals surface area (Å²) in [6.45, 7) is 3.98. The number of benzene rings is 2. The van der Waals surface area contributed by atoms with Crippen molar-refractivity contribution >= 4 is 61.5 Å². The summed E-state index contributed by atoms with van der Waals surface area (Å²) in [4.78, 5) is 22.7. The minimum Gasteiger partial charge on any atom is -0.476 e. The SMILES string of the molecule is CC(C)c1sc(-c2ccc3c(c2)/C(=N/Nc2nc4ccccc4s2)CCS3)nc1C(=O)O. The third-order valence-corrected chi connectivity index (χ3v) is 8.52. The van der Waals surface area contributed by atoms with Gasteiger partial charge >= 0.3 is 5.97 Å². The first-order valence-electron chi connectivity index (χ1n) is 10.2. The molecule has 9 heteroatoms. The van der Waals surface area contributed by atoms with Crippen LogP contribution in [0.2, 0.25) is 0 Å². The molecule has 0 saturated carbocycles. The van der Waals surface area contributed by atoms with E-state index >= 15 is 0 Å². The number of nitrogens with zero attached hydrogens (tertiary/aromatic N) is 3. The Kier molecular flexibility index (Phi) is 5.71. The zero-order valence-corrected chi connectivity index (χ0v) is 19.9. The minimum absolute atomic E-state index is 0.107. The first-order chi connectivity index (χ1) is 15.5. The molecule has 0 radical (unpaired) electrons. The van der Waals surface area contributed by atoms with Gasteiger partial charge in [0.05, 0.1) is 15.9 Å². The second-order valence-electron chi connectivity index (χ2n) is 7.66. The summed E-state index contributed by atoms with van der Waals surface area (Å²) in [5, 5.41) is 15.7. The van der Waals surface area contributed by atoms with Crippen molar-refractivity contribution in [2.75, 3.05) is 11.2 Å². The number of carboxylic acid groups (broad SMARTS) is 1. The van der Waals surface area contributed by atoms with Crippen molar-refractivity contribution in [3.63, 3.8) is 0 Å². The first-order valence-corrected chi connectivity index (χ1v) is 12.8. The van der Waals surface area contributed by atoms with E-state index in [1.807, 2.05) is 49.9 Å². The molecule has 2 aromatic carbocycles. The van der Waals surface area contributed by atoms with Gasteiger partial charge in [0.15, 0.2) is 5.69 Å². The van der Waals surface area contributed by atoms with Crippen molar-refractivity contribution in [1.82, 2.24) is 9.97 Å². The molecule has 1 aliphatic heterocycles. The maximum Gasteiger partial charge on any atom is 0.355 e. The fraction of sp³-hybridized carbons (Fsp3) is 0.217. The molecule has 2 N–H and O–H groups in total. The Morgan fingerprint density at radius 1 is 1.16 bits per heavy atom. The summed E-state index contributed by atoms with van der Waals surface area (Å²) in [6, 6.07) is 14.2. The van der Waals surface area contributed by atoms with Crippen LogP contribution in [0.5, 0.6) is 0 Å². The number of aromatic nitrogens is 2. The summed E-state index contributed by atoms with van der Waals surface area (Å²) < 4.78 is 1.12. The molecule has 4 aromatic rings. The molecule has 162 valence electrons. The van der Waals surface area contributed by atoms with E-state index in [-0.39, 0.29) is 11.6 Å². The van der Waals surface area contributed by atoms with E-state index in [9.17, 15) is 9.90 Å². The maximum absolute atomic E-state index is 11.6. The molecule has 5 rings (SSSR count). The number of aromatic carboxylic acids is 1. The van der Waals surface area contributed by atoms with Gasteiger partial charge in [0.25, 0.3) is 0 Å². The number of thioether (sulfide) groups is 1. The number of nitrogens with one attached hydrogen (secondary N) is 1. The smallest absolute Gasteiger partial charge is 0.355 e. The maximum atomic E-state index is 11.6. The van der Waals surface area contributed by atoms with Crippen molar-refractivity contribution in [2.45, 2.75) is 31.1 Å². The van der Waals surface area contributed by atoms with Crippen LogP contribution in [-0.2, 0) is 0 Å². The van der Waals surface area contributed by atoms with Crippen LogP contribution in [0.3, 0.4) is 0 Å². The van der Waals surface area contributed by atoms with Crippen LogP contribution >= 0.6 is 34.4 Å².